The fourth-order valence-electron chi connectivity index (χ4n) is 1.86. The van der Waals surface area contributed by atoms with E-state index in [-0.39, 0.29) is 0 Å². The zero-order valence-corrected chi connectivity index (χ0v) is 15.6. The number of benzene rings is 2. The Bertz CT molecular complexity index is 626. The van der Waals surface area contributed by atoms with Crippen LogP contribution in [0.3, 0.4) is 0 Å². The normalized spacial score (nSPS) is 11.0. The monoisotopic (exact) mass is 411 g/mol. The minimum atomic E-state index is 0.476. The summed E-state index contributed by atoms with van der Waals surface area (Å²) in [5, 5.41) is 3.41. The number of hydrogen-bond donors (Lipinski definition) is 1. The largest absolute Gasteiger partial charge is 0.456 e. The molecule has 0 aromatic heterocycles. The van der Waals surface area contributed by atoms with Gasteiger partial charge in [-0.15, -0.1) is 0 Å². The molecule has 0 bridgehead atoms. The zero-order chi connectivity index (χ0) is 15.4. The summed E-state index contributed by atoms with van der Waals surface area (Å²) in [6.45, 7) is 7.17. The van der Waals surface area contributed by atoms with Crippen LogP contribution in [-0.2, 0) is 6.54 Å². The number of nitrogens with one attached hydrogen (secondary N) is 1. The van der Waals surface area contributed by atoms with E-state index in [1.165, 1.54) is 5.56 Å². The fraction of sp³-hybridized carbons (Fsp3) is 0.294. The van der Waals surface area contributed by atoms with Crippen molar-refractivity contribution < 1.29 is 4.74 Å². The van der Waals surface area contributed by atoms with Gasteiger partial charge in [0.1, 0.15) is 11.5 Å². The molecule has 21 heavy (non-hydrogen) atoms. The van der Waals surface area contributed by atoms with E-state index in [1.54, 1.807) is 0 Å². The standard InChI is InChI=1S/C17H19Br2NO/c1-11(2)20-10-13-5-7-16(15(19)8-13)21-17-9-14(18)6-4-12(17)3/h4-9,11,20H,10H2,1-3H3. The average molecular weight is 413 g/mol. The van der Waals surface area contributed by atoms with Crippen LogP contribution in [-0.4, -0.2) is 6.04 Å². The number of halogens is 2. The number of hydrogen-bond acceptors (Lipinski definition) is 2. The van der Waals surface area contributed by atoms with Crippen LogP contribution < -0.4 is 10.1 Å². The van der Waals surface area contributed by atoms with Gasteiger partial charge in [-0.2, -0.15) is 0 Å². The molecule has 1 N–H and O–H groups in total. The minimum Gasteiger partial charge on any atom is -0.456 e. The Morgan fingerprint density at radius 2 is 1.81 bits per heavy atom. The molecular weight excluding hydrogens is 394 g/mol. The van der Waals surface area contributed by atoms with E-state index in [2.05, 4.69) is 63.2 Å². The van der Waals surface area contributed by atoms with Crippen LogP contribution in [0.4, 0.5) is 0 Å². The molecule has 2 rings (SSSR count). The summed E-state index contributed by atoms with van der Waals surface area (Å²) < 4.78 is 7.98. The first kappa shape index (κ1) is 16.5. The summed E-state index contributed by atoms with van der Waals surface area (Å²) in [6, 6.07) is 12.7. The second-order valence-corrected chi connectivity index (χ2v) is 7.08. The second-order valence-electron chi connectivity index (χ2n) is 5.31. The first-order valence-corrected chi connectivity index (χ1v) is 8.50. The van der Waals surface area contributed by atoms with E-state index >= 15 is 0 Å². The molecule has 0 unspecified atom stereocenters. The molecule has 0 atom stereocenters. The maximum absolute atomic E-state index is 6.00. The van der Waals surface area contributed by atoms with Crippen molar-refractivity contribution in [2.75, 3.05) is 0 Å². The lowest BCUT2D eigenvalue weighted by Gasteiger charge is -2.13. The van der Waals surface area contributed by atoms with Crippen molar-refractivity contribution >= 4 is 31.9 Å². The van der Waals surface area contributed by atoms with E-state index in [1.807, 2.05) is 31.2 Å². The van der Waals surface area contributed by atoms with Crippen molar-refractivity contribution in [2.24, 2.45) is 0 Å². The number of rotatable bonds is 5. The van der Waals surface area contributed by atoms with Gasteiger partial charge in [0.25, 0.3) is 0 Å². The summed E-state index contributed by atoms with van der Waals surface area (Å²) in [5.41, 5.74) is 2.34. The Kier molecular flexibility index (Phi) is 5.85. The van der Waals surface area contributed by atoms with E-state index in [4.69, 9.17) is 4.74 Å². The molecule has 0 saturated heterocycles. The quantitative estimate of drug-likeness (QED) is 0.668. The summed E-state index contributed by atoms with van der Waals surface area (Å²) in [7, 11) is 0. The van der Waals surface area contributed by atoms with Gasteiger partial charge in [-0.05, 0) is 58.2 Å². The molecule has 4 heteroatoms. The van der Waals surface area contributed by atoms with E-state index in [9.17, 15) is 0 Å². The molecule has 0 saturated carbocycles. The summed E-state index contributed by atoms with van der Waals surface area (Å²) in [4.78, 5) is 0. The van der Waals surface area contributed by atoms with Gasteiger partial charge >= 0.3 is 0 Å². The second kappa shape index (κ2) is 7.43. The third-order valence-corrected chi connectivity index (χ3v) is 4.19. The first-order valence-electron chi connectivity index (χ1n) is 6.91. The topological polar surface area (TPSA) is 21.3 Å². The van der Waals surface area contributed by atoms with Gasteiger partial charge in [-0.1, -0.05) is 41.9 Å². The van der Waals surface area contributed by atoms with Crippen molar-refractivity contribution in [1.29, 1.82) is 0 Å². The van der Waals surface area contributed by atoms with Gasteiger partial charge in [0.2, 0.25) is 0 Å². The third-order valence-electron chi connectivity index (χ3n) is 3.08. The van der Waals surface area contributed by atoms with Crippen LogP contribution in [0, 0.1) is 6.92 Å². The molecule has 0 spiro atoms. The Labute approximate surface area is 143 Å². The fourth-order valence-corrected chi connectivity index (χ4v) is 2.71. The Balaban J connectivity index is 2.15. The highest BCUT2D eigenvalue weighted by Gasteiger charge is 2.07. The molecule has 112 valence electrons. The molecule has 0 fully saturated rings. The van der Waals surface area contributed by atoms with Crippen LogP contribution in [0.5, 0.6) is 11.5 Å². The van der Waals surface area contributed by atoms with E-state index in [0.717, 1.165) is 32.6 Å². The summed E-state index contributed by atoms with van der Waals surface area (Å²) in [6.07, 6.45) is 0. The highest BCUT2D eigenvalue weighted by Crippen LogP contribution is 2.33. The third kappa shape index (κ3) is 4.83. The molecular formula is C17H19Br2NO. The van der Waals surface area contributed by atoms with Crippen LogP contribution in [0.25, 0.3) is 0 Å². The molecule has 0 aliphatic carbocycles. The van der Waals surface area contributed by atoms with Gasteiger partial charge in [-0.3, -0.25) is 0 Å². The van der Waals surface area contributed by atoms with E-state index in [0.29, 0.717) is 6.04 Å². The molecule has 2 aromatic carbocycles. The SMILES string of the molecule is Cc1ccc(Br)cc1Oc1ccc(CNC(C)C)cc1Br. The summed E-state index contributed by atoms with van der Waals surface area (Å²) in [5.74, 6) is 1.68. The molecule has 2 nitrogen and oxygen atoms in total. The summed E-state index contributed by atoms with van der Waals surface area (Å²) >= 11 is 7.06. The van der Waals surface area contributed by atoms with Crippen molar-refractivity contribution in [3.8, 4) is 11.5 Å². The van der Waals surface area contributed by atoms with Gasteiger partial charge in [0, 0.05) is 17.1 Å². The molecule has 0 heterocycles. The Morgan fingerprint density at radius 3 is 2.48 bits per heavy atom. The van der Waals surface area contributed by atoms with Gasteiger partial charge in [0.05, 0.1) is 4.47 Å². The molecule has 0 radical (unpaired) electrons. The van der Waals surface area contributed by atoms with Crippen molar-refractivity contribution in [1.82, 2.24) is 5.32 Å². The zero-order valence-electron chi connectivity index (χ0n) is 12.4. The lowest BCUT2D eigenvalue weighted by Crippen LogP contribution is -2.21. The van der Waals surface area contributed by atoms with Crippen LogP contribution in [0.15, 0.2) is 45.3 Å². The van der Waals surface area contributed by atoms with Crippen molar-refractivity contribution in [3.05, 3.63) is 56.5 Å². The van der Waals surface area contributed by atoms with Crippen LogP contribution in [0.1, 0.15) is 25.0 Å². The van der Waals surface area contributed by atoms with Gasteiger partial charge in [0.15, 0.2) is 0 Å². The molecule has 0 aliphatic heterocycles. The number of ether oxygens (including phenoxy) is 1. The van der Waals surface area contributed by atoms with Crippen LogP contribution in [0.2, 0.25) is 0 Å². The van der Waals surface area contributed by atoms with Gasteiger partial charge in [-0.25, -0.2) is 0 Å². The molecule has 2 aromatic rings. The van der Waals surface area contributed by atoms with Crippen molar-refractivity contribution in [2.45, 2.75) is 33.4 Å². The number of aryl methyl sites for hydroxylation is 1. The maximum Gasteiger partial charge on any atom is 0.141 e. The highest BCUT2D eigenvalue weighted by atomic mass is 79.9. The predicted octanol–water partition coefficient (Wildman–Crippen LogP) is 5.81. The lowest BCUT2D eigenvalue weighted by atomic mass is 10.2. The Hall–Kier alpha value is -0.840. The van der Waals surface area contributed by atoms with Crippen molar-refractivity contribution in [3.63, 3.8) is 0 Å². The lowest BCUT2D eigenvalue weighted by molar-refractivity contribution is 0.475. The average Bonchev–Trinajstić information content (AvgIpc) is 2.43. The maximum atomic E-state index is 6.00. The first-order chi connectivity index (χ1) is 9.95. The smallest absolute Gasteiger partial charge is 0.141 e. The van der Waals surface area contributed by atoms with Gasteiger partial charge < -0.3 is 10.1 Å². The Morgan fingerprint density at radius 1 is 1.05 bits per heavy atom. The predicted molar refractivity (Wildman–Crippen MR) is 95.1 cm³/mol. The highest BCUT2D eigenvalue weighted by molar-refractivity contribution is 9.10. The molecule has 0 aliphatic rings. The molecule has 0 amide bonds. The minimum absolute atomic E-state index is 0.476. The van der Waals surface area contributed by atoms with Crippen LogP contribution >= 0.6 is 31.9 Å². The van der Waals surface area contributed by atoms with E-state index < -0.39 is 0 Å².